The highest BCUT2D eigenvalue weighted by Gasteiger charge is 2.49. The van der Waals surface area contributed by atoms with Gasteiger partial charge in [-0.25, -0.2) is 4.79 Å². The van der Waals surface area contributed by atoms with Gasteiger partial charge in [-0.3, -0.25) is 14.5 Å². The summed E-state index contributed by atoms with van der Waals surface area (Å²) in [5.74, 6) is -0.827. The number of benzene rings is 2. The van der Waals surface area contributed by atoms with E-state index in [1.54, 1.807) is 31.2 Å². The van der Waals surface area contributed by atoms with Crippen molar-refractivity contribution in [3.05, 3.63) is 70.7 Å². The minimum Gasteiger partial charge on any atom is -0.352 e. The summed E-state index contributed by atoms with van der Waals surface area (Å²) in [5.41, 5.74) is 0.585. The molecular weight excluding hydrogens is 390 g/mol. The van der Waals surface area contributed by atoms with E-state index in [0.717, 1.165) is 17.7 Å². The van der Waals surface area contributed by atoms with Crippen molar-refractivity contribution in [1.82, 2.24) is 15.5 Å². The number of aryl methyl sites for hydroxylation is 1. The van der Waals surface area contributed by atoms with Crippen LogP contribution in [0.25, 0.3) is 0 Å². The van der Waals surface area contributed by atoms with Crippen LogP contribution in [0.2, 0.25) is 5.02 Å². The topological polar surface area (TPSA) is 78.5 Å². The molecule has 1 heterocycles. The first-order valence-corrected chi connectivity index (χ1v) is 9.91. The Hall–Kier alpha value is -2.86. The first-order valence-electron chi connectivity index (χ1n) is 9.53. The fourth-order valence-electron chi connectivity index (χ4n) is 3.38. The number of nitrogens with one attached hydrogen (secondary N) is 2. The van der Waals surface area contributed by atoms with Crippen molar-refractivity contribution in [2.75, 3.05) is 6.54 Å². The Morgan fingerprint density at radius 3 is 2.45 bits per heavy atom. The minimum atomic E-state index is -1.22. The molecule has 0 aliphatic carbocycles. The van der Waals surface area contributed by atoms with Gasteiger partial charge >= 0.3 is 6.03 Å². The van der Waals surface area contributed by atoms with Gasteiger partial charge in [0.05, 0.1) is 0 Å². The van der Waals surface area contributed by atoms with E-state index in [1.165, 1.54) is 5.56 Å². The molecule has 1 aliphatic rings. The van der Waals surface area contributed by atoms with Crippen molar-refractivity contribution in [2.24, 2.45) is 0 Å². The molecule has 2 unspecified atom stereocenters. The SMILES string of the molecule is CC(CCc1ccccc1)NC(=O)CN1C(=O)NC(C)(c2ccc(Cl)cc2)C1=O. The minimum absolute atomic E-state index is 0.0777. The Bertz CT molecular complexity index is 901. The van der Waals surface area contributed by atoms with Crippen molar-refractivity contribution in [3.8, 4) is 0 Å². The molecule has 1 saturated heterocycles. The standard InChI is InChI=1S/C22H24ClN3O3/c1-15(8-9-16-6-4-3-5-7-16)24-19(27)14-26-20(28)22(2,25-21(26)29)17-10-12-18(23)13-11-17/h3-7,10-13,15H,8-9,14H2,1-2H3,(H,24,27)(H,25,29). The summed E-state index contributed by atoms with van der Waals surface area (Å²) >= 11 is 5.90. The summed E-state index contributed by atoms with van der Waals surface area (Å²) in [6.07, 6.45) is 1.60. The number of urea groups is 1. The molecule has 152 valence electrons. The first kappa shape index (κ1) is 20.9. The third-order valence-corrected chi connectivity index (χ3v) is 5.37. The van der Waals surface area contributed by atoms with Crippen LogP contribution in [0.3, 0.4) is 0 Å². The largest absolute Gasteiger partial charge is 0.352 e. The molecule has 2 atom stereocenters. The quantitative estimate of drug-likeness (QED) is 0.684. The third kappa shape index (κ3) is 4.77. The van der Waals surface area contributed by atoms with Gasteiger partial charge in [0.2, 0.25) is 5.91 Å². The highest BCUT2D eigenvalue weighted by molar-refractivity contribution is 6.30. The normalized spacial score (nSPS) is 19.8. The Labute approximate surface area is 175 Å². The average Bonchev–Trinajstić information content (AvgIpc) is 2.91. The van der Waals surface area contributed by atoms with Gasteiger partial charge in [-0.2, -0.15) is 0 Å². The molecule has 0 radical (unpaired) electrons. The second kappa shape index (κ2) is 8.66. The molecule has 2 N–H and O–H groups in total. The molecule has 7 heteroatoms. The maximum Gasteiger partial charge on any atom is 0.325 e. The lowest BCUT2D eigenvalue weighted by Crippen LogP contribution is -2.45. The zero-order valence-electron chi connectivity index (χ0n) is 16.4. The van der Waals surface area contributed by atoms with Crippen LogP contribution in [0, 0.1) is 0 Å². The molecule has 0 bridgehead atoms. The summed E-state index contributed by atoms with van der Waals surface area (Å²) in [5, 5.41) is 6.08. The molecule has 1 fully saturated rings. The maximum absolute atomic E-state index is 12.9. The number of imide groups is 1. The number of carbonyl (C=O) groups is 3. The van der Waals surface area contributed by atoms with Crippen molar-refractivity contribution in [3.63, 3.8) is 0 Å². The van der Waals surface area contributed by atoms with E-state index in [-0.39, 0.29) is 18.5 Å². The summed E-state index contributed by atoms with van der Waals surface area (Å²) in [4.78, 5) is 38.6. The maximum atomic E-state index is 12.9. The second-order valence-electron chi connectivity index (χ2n) is 7.45. The van der Waals surface area contributed by atoms with E-state index < -0.39 is 17.5 Å². The lowest BCUT2D eigenvalue weighted by atomic mass is 9.92. The lowest BCUT2D eigenvalue weighted by Gasteiger charge is -2.22. The monoisotopic (exact) mass is 413 g/mol. The van der Waals surface area contributed by atoms with Crippen LogP contribution in [-0.4, -0.2) is 35.3 Å². The molecule has 29 heavy (non-hydrogen) atoms. The summed E-state index contributed by atoms with van der Waals surface area (Å²) < 4.78 is 0. The van der Waals surface area contributed by atoms with Gasteiger partial charge in [0.25, 0.3) is 5.91 Å². The summed E-state index contributed by atoms with van der Waals surface area (Å²) in [6, 6.07) is 16.0. The first-order chi connectivity index (χ1) is 13.8. The molecule has 2 aromatic carbocycles. The van der Waals surface area contributed by atoms with Gasteiger partial charge < -0.3 is 10.6 Å². The van der Waals surface area contributed by atoms with Crippen molar-refractivity contribution in [1.29, 1.82) is 0 Å². The van der Waals surface area contributed by atoms with Crippen LogP contribution in [0.5, 0.6) is 0 Å². The molecule has 3 rings (SSSR count). The van der Waals surface area contributed by atoms with Crippen LogP contribution in [-0.2, 0) is 21.5 Å². The van der Waals surface area contributed by atoms with E-state index in [4.69, 9.17) is 11.6 Å². The van der Waals surface area contributed by atoms with E-state index in [1.807, 2.05) is 37.3 Å². The number of nitrogens with zero attached hydrogens (tertiary/aromatic N) is 1. The number of halogens is 1. The van der Waals surface area contributed by atoms with Crippen molar-refractivity contribution in [2.45, 2.75) is 38.3 Å². The second-order valence-corrected chi connectivity index (χ2v) is 7.88. The fourth-order valence-corrected chi connectivity index (χ4v) is 3.51. The predicted octanol–water partition coefficient (Wildman–Crippen LogP) is 3.24. The summed E-state index contributed by atoms with van der Waals surface area (Å²) in [7, 11) is 0. The molecule has 0 aromatic heterocycles. The summed E-state index contributed by atoms with van der Waals surface area (Å²) in [6.45, 7) is 3.21. The Balaban J connectivity index is 1.58. The molecule has 0 spiro atoms. The Morgan fingerprint density at radius 1 is 1.14 bits per heavy atom. The van der Waals surface area contributed by atoms with Crippen LogP contribution in [0.4, 0.5) is 4.79 Å². The highest BCUT2D eigenvalue weighted by atomic mass is 35.5. The van der Waals surface area contributed by atoms with Gasteiger partial charge in [-0.1, -0.05) is 54.1 Å². The number of amides is 4. The number of rotatable bonds is 7. The van der Waals surface area contributed by atoms with E-state index in [2.05, 4.69) is 10.6 Å². The van der Waals surface area contributed by atoms with Crippen LogP contribution in [0.1, 0.15) is 31.4 Å². The number of hydrogen-bond acceptors (Lipinski definition) is 3. The highest BCUT2D eigenvalue weighted by Crippen LogP contribution is 2.29. The molecule has 0 saturated carbocycles. The van der Waals surface area contributed by atoms with Gasteiger partial charge in [0, 0.05) is 11.1 Å². The van der Waals surface area contributed by atoms with Crippen molar-refractivity contribution < 1.29 is 14.4 Å². The smallest absolute Gasteiger partial charge is 0.325 e. The van der Waals surface area contributed by atoms with Crippen LogP contribution < -0.4 is 10.6 Å². The van der Waals surface area contributed by atoms with E-state index >= 15 is 0 Å². The molecule has 6 nitrogen and oxygen atoms in total. The van der Waals surface area contributed by atoms with Crippen LogP contribution >= 0.6 is 11.6 Å². The Kier molecular flexibility index (Phi) is 6.23. The zero-order valence-corrected chi connectivity index (χ0v) is 17.2. The molecule has 2 aromatic rings. The number of hydrogen-bond donors (Lipinski definition) is 2. The third-order valence-electron chi connectivity index (χ3n) is 5.11. The average molecular weight is 414 g/mol. The van der Waals surface area contributed by atoms with Crippen LogP contribution in [0.15, 0.2) is 54.6 Å². The molecule has 4 amide bonds. The van der Waals surface area contributed by atoms with E-state index in [0.29, 0.717) is 10.6 Å². The van der Waals surface area contributed by atoms with Gasteiger partial charge in [0.15, 0.2) is 0 Å². The predicted molar refractivity (Wildman–Crippen MR) is 111 cm³/mol. The molecular formula is C22H24ClN3O3. The fraction of sp³-hybridized carbons (Fsp3) is 0.318. The van der Waals surface area contributed by atoms with Gasteiger partial charge in [0.1, 0.15) is 12.1 Å². The molecule has 1 aliphatic heterocycles. The van der Waals surface area contributed by atoms with Crippen molar-refractivity contribution >= 4 is 29.4 Å². The van der Waals surface area contributed by atoms with Gasteiger partial charge in [-0.15, -0.1) is 0 Å². The Morgan fingerprint density at radius 2 is 1.79 bits per heavy atom. The number of carbonyl (C=O) groups excluding carboxylic acids is 3. The van der Waals surface area contributed by atoms with E-state index in [9.17, 15) is 14.4 Å². The van der Waals surface area contributed by atoms with Gasteiger partial charge in [-0.05, 0) is 49.9 Å². The lowest BCUT2D eigenvalue weighted by molar-refractivity contribution is -0.135. The zero-order chi connectivity index (χ0) is 21.0.